The Bertz CT molecular complexity index is 967. The average molecular weight is 398 g/mol. The summed E-state index contributed by atoms with van der Waals surface area (Å²) in [6, 6.07) is 10.8. The monoisotopic (exact) mass is 397 g/mol. The number of benzene rings is 1. The minimum absolute atomic E-state index is 0.132. The smallest absolute Gasteiger partial charge is 0.267 e. The number of carbonyl (C=O) groups excluding carboxylic acids is 3. The van der Waals surface area contributed by atoms with Gasteiger partial charge in [-0.2, -0.15) is 0 Å². The van der Waals surface area contributed by atoms with Gasteiger partial charge in [0.05, 0.1) is 17.8 Å². The maximum Gasteiger partial charge on any atom is 0.267 e. The fraction of sp³-hybridized carbons (Fsp3) is 0.381. The van der Waals surface area contributed by atoms with E-state index in [1.54, 1.807) is 45.4 Å². The van der Waals surface area contributed by atoms with Crippen LogP contribution in [0.5, 0.6) is 0 Å². The molecular formula is C21H23N3O3S. The van der Waals surface area contributed by atoms with Gasteiger partial charge in [0.2, 0.25) is 11.6 Å². The third kappa shape index (κ3) is 2.64. The molecule has 7 heteroatoms. The Morgan fingerprint density at radius 2 is 1.96 bits per heavy atom. The minimum Gasteiger partial charge on any atom is -0.347 e. The number of carbonyl (C=O) groups is 3. The maximum atomic E-state index is 13.5. The first-order chi connectivity index (χ1) is 13.4. The molecule has 1 N–H and O–H groups in total. The van der Waals surface area contributed by atoms with E-state index in [9.17, 15) is 14.4 Å². The zero-order chi connectivity index (χ0) is 20.1. The van der Waals surface area contributed by atoms with Gasteiger partial charge in [-0.1, -0.05) is 12.1 Å². The van der Waals surface area contributed by atoms with Crippen molar-refractivity contribution < 1.29 is 14.4 Å². The van der Waals surface area contributed by atoms with E-state index in [1.165, 1.54) is 4.88 Å². The summed E-state index contributed by atoms with van der Waals surface area (Å²) in [4.78, 5) is 45.0. The molecule has 1 aromatic carbocycles. The first kappa shape index (κ1) is 18.7. The fourth-order valence-corrected chi connectivity index (χ4v) is 5.13. The quantitative estimate of drug-likeness (QED) is 0.862. The minimum atomic E-state index is -1.32. The summed E-state index contributed by atoms with van der Waals surface area (Å²) in [5.41, 5.74) is -0.332. The van der Waals surface area contributed by atoms with Gasteiger partial charge in [0.25, 0.3) is 11.8 Å². The van der Waals surface area contributed by atoms with Crippen molar-refractivity contribution in [2.75, 3.05) is 4.90 Å². The van der Waals surface area contributed by atoms with Crippen LogP contribution in [-0.4, -0.2) is 34.3 Å². The van der Waals surface area contributed by atoms with Crippen LogP contribution in [0.1, 0.15) is 46.8 Å². The number of anilines is 1. The van der Waals surface area contributed by atoms with Gasteiger partial charge in [-0.3, -0.25) is 19.3 Å². The summed E-state index contributed by atoms with van der Waals surface area (Å²) >= 11 is 1.62. The van der Waals surface area contributed by atoms with E-state index in [2.05, 4.69) is 5.32 Å². The Labute approximate surface area is 168 Å². The number of fused-ring (bicyclic) bond motifs is 3. The largest absolute Gasteiger partial charge is 0.347 e. The van der Waals surface area contributed by atoms with E-state index in [0.29, 0.717) is 24.2 Å². The molecule has 2 aliphatic heterocycles. The number of amides is 3. The number of thiophene rings is 1. The van der Waals surface area contributed by atoms with Gasteiger partial charge in [-0.25, -0.2) is 0 Å². The molecule has 2 aromatic rings. The molecular weight excluding hydrogens is 374 g/mol. The first-order valence-corrected chi connectivity index (χ1v) is 10.3. The highest BCUT2D eigenvalue weighted by atomic mass is 32.1. The molecule has 3 amide bonds. The maximum absolute atomic E-state index is 13.5. The molecule has 146 valence electrons. The molecule has 3 heterocycles. The molecule has 2 aliphatic rings. The van der Waals surface area contributed by atoms with Gasteiger partial charge in [0, 0.05) is 28.6 Å². The van der Waals surface area contributed by atoms with Crippen molar-refractivity contribution in [3.8, 4) is 0 Å². The van der Waals surface area contributed by atoms with Crippen molar-refractivity contribution in [2.24, 2.45) is 0 Å². The Kier molecular flexibility index (Phi) is 4.50. The van der Waals surface area contributed by atoms with Crippen molar-refractivity contribution in [3.05, 3.63) is 51.7 Å². The first-order valence-electron chi connectivity index (χ1n) is 9.45. The molecule has 0 unspecified atom stereocenters. The van der Waals surface area contributed by atoms with Gasteiger partial charge in [-0.15, -0.1) is 11.3 Å². The van der Waals surface area contributed by atoms with Gasteiger partial charge in [0.1, 0.15) is 0 Å². The van der Waals surface area contributed by atoms with Crippen molar-refractivity contribution in [1.82, 2.24) is 10.2 Å². The molecule has 0 bridgehead atoms. The number of hydrogen-bond donors (Lipinski definition) is 1. The number of nitrogens with zero attached hydrogens (tertiary/aromatic N) is 2. The van der Waals surface area contributed by atoms with Crippen molar-refractivity contribution in [3.63, 3.8) is 0 Å². The highest BCUT2D eigenvalue weighted by Gasteiger charge is 2.61. The number of nitrogens with one attached hydrogen (secondary N) is 1. The second-order valence-corrected chi connectivity index (χ2v) is 8.90. The molecule has 1 saturated heterocycles. The van der Waals surface area contributed by atoms with Crippen molar-refractivity contribution >= 4 is 34.7 Å². The van der Waals surface area contributed by atoms with Crippen LogP contribution >= 0.6 is 11.3 Å². The van der Waals surface area contributed by atoms with Crippen LogP contribution in [0, 0.1) is 6.92 Å². The van der Waals surface area contributed by atoms with E-state index in [-0.39, 0.29) is 30.2 Å². The number of para-hydroxylation sites is 1. The predicted octanol–water partition coefficient (Wildman–Crippen LogP) is 3.06. The Balaban J connectivity index is 1.77. The standard InChI is InChI=1S/C21H23N3O3S/c1-13(2)23-19(26)16-6-4-5-7-17(16)24-18(25)10-11-21(23,24)20(27)22-12-15-9-8-14(3)28-15/h4-9,13H,10-12H2,1-3H3,(H,22,27)/t21-/m1/s1. The molecule has 1 fully saturated rings. The number of rotatable bonds is 4. The molecule has 0 saturated carbocycles. The van der Waals surface area contributed by atoms with Crippen LogP contribution < -0.4 is 10.2 Å². The highest BCUT2D eigenvalue weighted by Crippen LogP contribution is 2.45. The predicted molar refractivity (Wildman–Crippen MR) is 108 cm³/mol. The summed E-state index contributed by atoms with van der Waals surface area (Å²) < 4.78 is 0. The number of aryl methyl sites for hydroxylation is 1. The van der Waals surface area contributed by atoms with E-state index < -0.39 is 5.66 Å². The summed E-state index contributed by atoms with van der Waals surface area (Å²) in [6.45, 7) is 6.15. The Morgan fingerprint density at radius 1 is 1.21 bits per heavy atom. The second kappa shape index (κ2) is 6.74. The normalized spacial score (nSPS) is 21.1. The molecule has 6 nitrogen and oxygen atoms in total. The molecule has 1 atom stereocenters. The topological polar surface area (TPSA) is 69.7 Å². The van der Waals surface area contributed by atoms with Gasteiger partial charge < -0.3 is 10.2 Å². The number of hydrogen-bond acceptors (Lipinski definition) is 4. The second-order valence-electron chi connectivity index (χ2n) is 7.53. The van der Waals surface area contributed by atoms with Crippen LogP contribution in [0.25, 0.3) is 0 Å². The lowest BCUT2D eigenvalue weighted by Crippen LogP contribution is -2.71. The zero-order valence-electron chi connectivity index (χ0n) is 16.2. The van der Waals surface area contributed by atoms with Crippen LogP contribution in [0.15, 0.2) is 36.4 Å². The van der Waals surface area contributed by atoms with E-state index in [0.717, 1.165) is 4.88 Å². The van der Waals surface area contributed by atoms with Crippen molar-refractivity contribution in [1.29, 1.82) is 0 Å². The van der Waals surface area contributed by atoms with Crippen LogP contribution in [0.2, 0.25) is 0 Å². The molecule has 1 aromatic heterocycles. The summed E-state index contributed by atoms with van der Waals surface area (Å²) in [5, 5.41) is 2.98. The molecule has 0 spiro atoms. The van der Waals surface area contributed by atoms with Crippen LogP contribution in [-0.2, 0) is 16.1 Å². The molecule has 0 aliphatic carbocycles. The lowest BCUT2D eigenvalue weighted by atomic mass is 9.94. The third-order valence-corrected chi connectivity index (χ3v) is 6.40. The lowest BCUT2D eigenvalue weighted by Gasteiger charge is -2.50. The fourth-order valence-electron chi connectivity index (χ4n) is 4.30. The Morgan fingerprint density at radius 3 is 2.64 bits per heavy atom. The summed E-state index contributed by atoms with van der Waals surface area (Å²) in [5.74, 6) is -0.646. The van der Waals surface area contributed by atoms with E-state index >= 15 is 0 Å². The van der Waals surface area contributed by atoms with E-state index in [4.69, 9.17) is 0 Å². The zero-order valence-corrected chi connectivity index (χ0v) is 17.0. The summed E-state index contributed by atoms with van der Waals surface area (Å²) in [6.07, 6.45) is 0.524. The molecule has 4 rings (SSSR count). The SMILES string of the molecule is Cc1ccc(CNC(=O)[C@@]23CCC(=O)N2c2ccccc2C(=O)N3C(C)C)s1. The average Bonchev–Trinajstić information content (AvgIpc) is 3.24. The van der Waals surface area contributed by atoms with Crippen LogP contribution in [0.3, 0.4) is 0 Å². The van der Waals surface area contributed by atoms with Gasteiger partial charge in [0.15, 0.2) is 0 Å². The van der Waals surface area contributed by atoms with Gasteiger partial charge >= 0.3 is 0 Å². The van der Waals surface area contributed by atoms with E-state index in [1.807, 2.05) is 32.9 Å². The molecule has 28 heavy (non-hydrogen) atoms. The molecule has 0 radical (unpaired) electrons. The highest BCUT2D eigenvalue weighted by molar-refractivity contribution is 7.11. The van der Waals surface area contributed by atoms with Crippen molar-refractivity contribution in [2.45, 2.75) is 51.9 Å². The third-order valence-electron chi connectivity index (χ3n) is 5.40. The van der Waals surface area contributed by atoms with Gasteiger partial charge in [-0.05, 0) is 45.0 Å². The Hall–Kier alpha value is -2.67. The van der Waals surface area contributed by atoms with Crippen LogP contribution in [0.4, 0.5) is 5.69 Å². The summed E-state index contributed by atoms with van der Waals surface area (Å²) in [7, 11) is 0. The lowest BCUT2D eigenvalue weighted by molar-refractivity contribution is -0.134.